The topological polar surface area (TPSA) is 62.2 Å². The van der Waals surface area contributed by atoms with Crippen LogP contribution in [-0.4, -0.2) is 16.0 Å². The third kappa shape index (κ3) is 2.85. The van der Waals surface area contributed by atoms with E-state index in [4.69, 9.17) is 0 Å². The molecule has 0 bridgehead atoms. The van der Waals surface area contributed by atoms with Crippen molar-refractivity contribution in [2.75, 3.05) is 0 Å². The second kappa shape index (κ2) is 5.31. The number of carbonyl (C=O) groups excluding carboxylic acids is 1. The molecule has 0 spiro atoms. The van der Waals surface area contributed by atoms with E-state index in [0.29, 0.717) is 5.56 Å². The first-order chi connectivity index (χ1) is 8.66. The Kier molecular flexibility index (Phi) is 3.57. The van der Waals surface area contributed by atoms with Gasteiger partial charge < -0.3 is 10.4 Å². The SMILES string of the molecule is C[C@H](NC(=O)c1cncc(O)c1)c1ccccc1. The molecule has 0 radical (unpaired) electrons. The van der Waals surface area contributed by atoms with Crippen molar-refractivity contribution in [2.24, 2.45) is 0 Å². The highest BCUT2D eigenvalue weighted by molar-refractivity contribution is 5.94. The van der Waals surface area contributed by atoms with Crippen molar-refractivity contribution in [3.05, 3.63) is 59.9 Å². The molecular formula is C14H14N2O2. The van der Waals surface area contributed by atoms with Gasteiger partial charge in [0, 0.05) is 6.20 Å². The lowest BCUT2D eigenvalue weighted by Gasteiger charge is -2.14. The Morgan fingerprint density at radius 3 is 2.67 bits per heavy atom. The number of rotatable bonds is 3. The van der Waals surface area contributed by atoms with E-state index in [1.807, 2.05) is 37.3 Å². The molecule has 2 rings (SSSR count). The summed E-state index contributed by atoms with van der Waals surface area (Å²) in [5, 5.41) is 12.1. The highest BCUT2D eigenvalue weighted by Crippen LogP contribution is 2.13. The van der Waals surface area contributed by atoms with E-state index in [0.717, 1.165) is 5.56 Å². The first kappa shape index (κ1) is 12.1. The predicted molar refractivity (Wildman–Crippen MR) is 68.2 cm³/mol. The Balaban J connectivity index is 2.08. The molecule has 0 aliphatic carbocycles. The van der Waals surface area contributed by atoms with Crippen LogP contribution < -0.4 is 5.32 Å². The van der Waals surface area contributed by atoms with Gasteiger partial charge in [0.25, 0.3) is 5.91 Å². The van der Waals surface area contributed by atoms with Gasteiger partial charge in [0.05, 0.1) is 17.8 Å². The molecule has 0 aliphatic rings. The molecule has 2 aromatic rings. The van der Waals surface area contributed by atoms with Crippen LogP contribution in [0, 0.1) is 0 Å². The molecule has 0 saturated carbocycles. The normalized spacial score (nSPS) is 11.8. The molecule has 18 heavy (non-hydrogen) atoms. The fraction of sp³-hybridized carbons (Fsp3) is 0.143. The lowest BCUT2D eigenvalue weighted by molar-refractivity contribution is 0.0939. The van der Waals surface area contributed by atoms with Crippen molar-refractivity contribution in [3.63, 3.8) is 0 Å². The first-order valence-corrected chi connectivity index (χ1v) is 5.66. The summed E-state index contributed by atoms with van der Waals surface area (Å²) in [7, 11) is 0. The van der Waals surface area contributed by atoms with Crippen molar-refractivity contribution in [1.29, 1.82) is 0 Å². The van der Waals surface area contributed by atoms with Crippen LogP contribution in [0.5, 0.6) is 5.75 Å². The molecular weight excluding hydrogens is 228 g/mol. The second-order valence-corrected chi connectivity index (χ2v) is 4.04. The van der Waals surface area contributed by atoms with Crippen molar-refractivity contribution in [3.8, 4) is 5.75 Å². The highest BCUT2D eigenvalue weighted by atomic mass is 16.3. The fourth-order valence-electron chi connectivity index (χ4n) is 1.66. The maximum absolute atomic E-state index is 11.9. The minimum Gasteiger partial charge on any atom is -0.506 e. The van der Waals surface area contributed by atoms with Crippen LogP contribution in [0.3, 0.4) is 0 Å². The van der Waals surface area contributed by atoms with Gasteiger partial charge in [0.15, 0.2) is 0 Å². The van der Waals surface area contributed by atoms with Gasteiger partial charge in [0.2, 0.25) is 0 Å². The monoisotopic (exact) mass is 242 g/mol. The number of hydrogen-bond donors (Lipinski definition) is 2. The molecule has 0 aliphatic heterocycles. The van der Waals surface area contributed by atoms with Gasteiger partial charge in [-0.3, -0.25) is 9.78 Å². The van der Waals surface area contributed by atoms with Crippen LogP contribution in [0.1, 0.15) is 28.9 Å². The van der Waals surface area contributed by atoms with E-state index < -0.39 is 0 Å². The zero-order chi connectivity index (χ0) is 13.0. The first-order valence-electron chi connectivity index (χ1n) is 5.66. The fourth-order valence-corrected chi connectivity index (χ4v) is 1.66. The molecule has 1 amide bonds. The maximum atomic E-state index is 11.9. The summed E-state index contributed by atoms with van der Waals surface area (Å²) < 4.78 is 0. The van der Waals surface area contributed by atoms with Gasteiger partial charge in [-0.1, -0.05) is 30.3 Å². The van der Waals surface area contributed by atoms with Gasteiger partial charge >= 0.3 is 0 Å². The van der Waals surface area contributed by atoms with Gasteiger partial charge in [-0.2, -0.15) is 0 Å². The summed E-state index contributed by atoms with van der Waals surface area (Å²) in [5.41, 5.74) is 1.37. The average Bonchev–Trinajstić information content (AvgIpc) is 2.39. The Morgan fingerprint density at radius 1 is 1.28 bits per heavy atom. The Hall–Kier alpha value is -2.36. The summed E-state index contributed by atoms with van der Waals surface area (Å²) in [6.45, 7) is 1.91. The molecule has 2 N–H and O–H groups in total. The van der Waals surface area contributed by atoms with E-state index in [1.165, 1.54) is 18.5 Å². The Labute approximate surface area is 105 Å². The number of pyridine rings is 1. The minimum atomic E-state index is -0.255. The molecule has 1 aromatic carbocycles. The molecule has 1 heterocycles. The van der Waals surface area contributed by atoms with Gasteiger partial charge in [-0.25, -0.2) is 0 Å². The molecule has 0 fully saturated rings. The zero-order valence-electron chi connectivity index (χ0n) is 10.00. The van der Waals surface area contributed by atoms with E-state index in [1.54, 1.807) is 0 Å². The summed E-state index contributed by atoms with van der Waals surface area (Å²) in [5.74, 6) is -0.273. The third-order valence-electron chi connectivity index (χ3n) is 2.63. The van der Waals surface area contributed by atoms with Crippen LogP contribution in [0.25, 0.3) is 0 Å². The average molecular weight is 242 g/mol. The molecule has 1 atom stereocenters. The second-order valence-electron chi connectivity index (χ2n) is 4.04. The summed E-state index contributed by atoms with van der Waals surface area (Å²) >= 11 is 0. The van der Waals surface area contributed by atoms with Gasteiger partial charge in [-0.05, 0) is 18.6 Å². The summed E-state index contributed by atoms with van der Waals surface area (Å²) in [6, 6.07) is 11.0. The largest absolute Gasteiger partial charge is 0.506 e. The summed E-state index contributed by atoms with van der Waals surface area (Å²) in [4.78, 5) is 15.7. The van der Waals surface area contributed by atoms with E-state index >= 15 is 0 Å². The lowest BCUT2D eigenvalue weighted by Crippen LogP contribution is -2.26. The lowest BCUT2D eigenvalue weighted by atomic mass is 10.1. The van der Waals surface area contributed by atoms with Crippen molar-refractivity contribution in [1.82, 2.24) is 10.3 Å². The highest BCUT2D eigenvalue weighted by Gasteiger charge is 2.11. The van der Waals surface area contributed by atoms with E-state index in [9.17, 15) is 9.90 Å². The van der Waals surface area contributed by atoms with Crippen LogP contribution in [0.15, 0.2) is 48.8 Å². The maximum Gasteiger partial charge on any atom is 0.253 e. The smallest absolute Gasteiger partial charge is 0.253 e. The summed E-state index contributed by atoms with van der Waals surface area (Å²) in [6.07, 6.45) is 2.71. The van der Waals surface area contributed by atoms with E-state index in [2.05, 4.69) is 10.3 Å². The van der Waals surface area contributed by atoms with Gasteiger partial charge in [-0.15, -0.1) is 0 Å². The molecule has 4 heteroatoms. The van der Waals surface area contributed by atoms with Gasteiger partial charge in [0.1, 0.15) is 5.75 Å². The van der Waals surface area contributed by atoms with Crippen LogP contribution in [0.2, 0.25) is 0 Å². The molecule has 92 valence electrons. The predicted octanol–water partition coefficient (Wildman–Crippen LogP) is 2.28. The standard InChI is InChI=1S/C14H14N2O2/c1-10(11-5-3-2-4-6-11)16-14(18)12-7-13(17)9-15-8-12/h2-10,17H,1H3,(H,16,18)/t10-/m0/s1. The number of hydrogen-bond acceptors (Lipinski definition) is 3. The Morgan fingerprint density at radius 2 is 2.00 bits per heavy atom. The number of nitrogens with zero attached hydrogens (tertiary/aromatic N) is 1. The van der Waals surface area contributed by atoms with Crippen molar-refractivity contribution in [2.45, 2.75) is 13.0 Å². The molecule has 0 unspecified atom stereocenters. The quantitative estimate of drug-likeness (QED) is 0.868. The number of benzene rings is 1. The molecule has 0 saturated heterocycles. The van der Waals surface area contributed by atoms with Crippen LogP contribution in [0.4, 0.5) is 0 Å². The molecule has 4 nitrogen and oxygen atoms in total. The van der Waals surface area contributed by atoms with E-state index in [-0.39, 0.29) is 17.7 Å². The number of aromatic hydroxyl groups is 1. The number of aromatic nitrogens is 1. The van der Waals surface area contributed by atoms with Crippen molar-refractivity contribution >= 4 is 5.91 Å². The number of amides is 1. The van der Waals surface area contributed by atoms with Crippen LogP contribution >= 0.6 is 0 Å². The molecule has 1 aromatic heterocycles. The Bertz CT molecular complexity index is 541. The minimum absolute atomic E-state index is 0.0185. The third-order valence-corrected chi connectivity index (χ3v) is 2.63. The van der Waals surface area contributed by atoms with Crippen LogP contribution in [-0.2, 0) is 0 Å². The number of nitrogens with one attached hydrogen (secondary N) is 1. The van der Waals surface area contributed by atoms with Crippen molar-refractivity contribution < 1.29 is 9.90 Å². The zero-order valence-corrected chi connectivity index (χ0v) is 10.00. The number of carbonyl (C=O) groups is 1.